The fraction of sp³-hybridized carbons (Fsp3) is 0.714. The summed E-state index contributed by atoms with van der Waals surface area (Å²) >= 11 is 5.35. The molecule has 2 N–H and O–H groups in total. The van der Waals surface area contributed by atoms with Crippen molar-refractivity contribution < 1.29 is 0 Å². The van der Waals surface area contributed by atoms with Gasteiger partial charge in [0.05, 0.1) is 6.04 Å². The van der Waals surface area contributed by atoms with Crippen LogP contribution in [0.15, 0.2) is 15.9 Å². The standard InChI is InChI=1S/C14H23BrN2S/c1-3-14(4-2)5-6-17(10-14)12(8-16)13-7-11(15)9-18-13/h7,9,12H,3-6,8,10,16H2,1-2H3. The van der Waals surface area contributed by atoms with Gasteiger partial charge in [0.2, 0.25) is 0 Å². The maximum atomic E-state index is 6.02. The first-order valence-electron chi connectivity index (χ1n) is 6.82. The average molecular weight is 331 g/mol. The normalized spacial score (nSPS) is 21.3. The van der Waals surface area contributed by atoms with Gasteiger partial charge >= 0.3 is 0 Å². The van der Waals surface area contributed by atoms with Gasteiger partial charge in [0.25, 0.3) is 0 Å². The van der Waals surface area contributed by atoms with E-state index in [9.17, 15) is 0 Å². The maximum absolute atomic E-state index is 6.02. The lowest BCUT2D eigenvalue weighted by Gasteiger charge is -2.30. The van der Waals surface area contributed by atoms with Crippen LogP contribution in [0.25, 0.3) is 0 Å². The van der Waals surface area contributed by atoms with E-state index in [1.54, 1.807) is 0 Å². The Hall–Kier alpha value is 0.1000. The van der Waals surface area contributed by atoms with Crippen LogP contribution in [0.4, 0.5) is 0 Å². The minimum absolute atomic E-state index is 0.404. The Bertz CT molecular complexity index is 387. The molecule has 0 saturated carbocycles. The van der Waals surface area contributed by atoms with E-state index in [2.05, 4.69) is 46.1 Å². The van der Waals surface area contributed by atoms with Crippen LogP contribution in [0, 0.1) is 5.41 Å². The van der Waals surface area contributed by atoms with Crippen molar-refractivity contribution in [3.63, 3.8) is 0 Å². The van der Waals surface area contributed by atoms with Gasteiger partial charge in [-0.25, -0.2) is 0 Å². The predicted octanol–water partition coefficient (Wildman–Crippen LogP) is 4.02. The van der Waals surface area contributed by atoms with Gasteiger partial charge in [-0.05, 0) is 53.2 Å². The van der Waals surface area contributed by atoms with Gasteiger partial charge < -0.3 is 5.73 Å². The SMILES string of the molecule is CCC1(CC)CCN(C(CN)c2cc(Br)cs2)C1. The number of hydrogen-bond donors (Lipinski definition) is 1. The molecule has 2 rings (SSSR count). The third-order valence-corrected chi connectivity index (χ3v) is 6.34. The zero-order valence-electron chi connectivity index (χ0n) is 11.3. The fourth-order valence-corrected chi connectivity index (χ4v) is 4.60. The summed E-state index contributed by atoms with van der Waals surface area (Å²) in [6, 6.07) is 2.63. The molecule has 1 atom stereocenters. The molecule has 1 unspecified atom stereocenters. The van der Waals surface area contributed by atoms with Crippen molar-refractivity contribution in [2.45, 2.75) is 39.2 Å². The number of nitrogens with zero attached hydrogens (tertiary/aromatic N) is 1. The summed E-state index contributed by atoms with van der Waals surface area (Å²) in [6.45, 7) is 7.77. The van der Waals surface area contributed by atoms with Gasteiger partial charge in [-0.3, -0.25) is 4.90 Å². The molecule has 1 saturated heterocycles. The Morgan fingerprint density at radius 1 is 1.50 bits per heavy atom. The molecule has 0 bridgehead atoms. The summed E-state index contributed by atoms with van der Waals surface area (Å²) in [5, 5.41) is 2.15. The molecule has 0 radical (unpaired) electrons. The first kappa shape index (κ1) is 14.5. The topological polar surface area (TPSA) is 29.3 Å². The Labute approximate surface area is 123 Å². The zero-order chi connectivity index (χ0) is 13.2. The van der Waals surface area contributed by atoms with E-state index in [0.29, 0.717) is 11.5 Å². The minimum atomic E-state index is 0.404. The maximum Gasteiger partial charge on any atom is 0.0564 e. The van der Waals surface area contributed by atoms with Crippen molar-refractivity contribution in [2.75, 3.05) is 19.6 Å². The number of rotatable bonds is 5. The van der Waals surface area contributed by atoms with Crippen molar-refractivity contribution in [1.82, 2.24) is 4.90 Å². The molecule has 1 fully saturated rings. The summed E-state index contributed by atoms with van der Waals surface area (Å²) < 4.78 is 1.18. The first-order valence-corrected chi connectivity index (χ1v) is 8.49. The molecule has 18 heavy (non-hydrogen) atoms. The molecular formula is C14H23BrN2S. The van der Waals surface area contributed by atoms with E-state index in [-0.39, 0.29) is 0 Å². The van der Waals surface area contributed by atoms with Crippen molar-refractivity contribution in [2.24, 2.45) is 11.1 Å². The van der Waals surface area contributed by atoms with Crippen LogP contribution >= 0.6 is 27.3 Å². The number of likely N-dealkylation sites (tertiary alicyclic amines) is 1. The summed E-state index contributed by atoms with van der Waals surface area (Å²) in [5.74, 6) is 0. The van der Waals surface area contributed by atoms with Crippen molar-refractivity contribution in [3.05, 3.63) is 20.8 Å². The lowest BCUT2D eigenvalue weighted by Crippen LogP contribution is -2.33. The van der Waals surface area contributed by atoms with Gasteiger partial charge in [0, 0.05) is 27.8 Å². The van der Waals surface area contributed by atoms with Gasteiger partial charge in [-0.2, -0.15) is 0 Å². The summed E-state index contributed by atoms with van der Waals surface area (Å²) in [5.41, 5.74) is 6.54. The Kier molecular flexibility index (Phi) is 4.86. The van der Waals surface area contributed by atoms with Crippen molar-refractivity contribution in [3.8, 4) is 0 Å². The first-order chi connectivity index (χ1) is 8.64. The third kappa shape index (κ3) is 2.82. The van der Waals surface area contributed by atoms with E-state index >= 15 is 0 Å². The minimum Gasteiger partial charge on any atom is -0.329 e. The van der Waals surface area contributed by atoms with E-state index in [1.807, 2.05) is 11.3 Å². The molecule has 1 aliphatic rings. The monoisotopic (exact) mass is 330 g/mol. The lowest BCUT2D eigenvalue weighted by atomic mass is 9.82. The third-order valence-electron chi connectivity index (χ3n) is 4.55. The number of thiophene rings is 1. The Morgan fingerprint density at radius 3 is 2.67 bits per heavy atom. The average Bonchev–Trinajstić information content (AvgIpc) is 2.99. The van der Waals surface area contributed by atoms with Crippen molar-refractivity contribution in [1.29, 1.82) is 0 Å². The predicted molar refractivity (Wildman–Crippen MR) is 83.0 cm³/mol. The van der Waals surface area contributed by atoms with Crippen LogP contribution < -0.4 is 5.73 Å². The van der Waals surface area contributed by atoms with Crippen LogP contribution in [-0.2, 0) is 0 Å². The second-order valence-electron chi connectivity index (χ2n) is 5.35. The molecule has 0 spiro atoms. The molecule has 1 aromatic heterocycles. The molecule has 2 heterocycles. The van der Waals surface area contributed by atoms with Gasteiger partial charge in [0.1, 0.15) is 0 Å². The summed E-state index contributed by atoms with van der Waals surface area (Å²) in [7, 11) is 0. The van der Waals surface area contributed by atoms with E-state index in [1.165, 1.54) is 41.7 Å². The number of halogens is 1. The van der Waals surface area contributed by atoms with Gasteiger partial charge in [-0.1, -0.05) is 13.8 Å². The van der Waals surface area contributed by atoms with Crippen LogP contribution in [0.5, 0.6) is 0 Å². The quantitative estimate of drug-likeness (QED) is 0.883. The Morgan fingerprint density at radius 2 is 2.22 bits per heavy atom. The highest BCUT2D eigenvalue weighted by atomic mass is 79.9. The van der Waals surface area contributed by atoms with Crippen LogP contribution in [0.3, 0.4) is 0 Å². The fourth-order valence-electron chi connectivity index (χ4n) is 3.01. The van der Waals surface area contributed by atoms with E-state index in [4.69, 9.17) is 5.73 Å². The number of nitrogens with two attached hydrogens (primary N) is 1. The highest BCUT2D eigenvalue weighted by molar-refractivity contribution is 9.10. The highest BCUT2D eigenvalue weighted by Gasteiger charge is 2.38. The molecule has 0 aromatic carbocycles. The molecule has 4 heteroatoms. The zero-order valence-corrected chi connectivity index (χ0v) is 13.7. The summed E-state index contributed by atoms with van der Waals surface area (Å²) in [6.07, 6.45) is 3.89. The van der Waals surface area contributed by atoms with Crippen LogP contribution in [-0.4, -0.2) is 24.5 Å². The second kappa shape index (κ2) is 6.04. The molecule has 0 aliphatic carbocycles. The van der Waals surface area contributed by atoms with Crippen LogP contribution in [0.1, 0.15) is 44.0 Å². The molecule has 102 valence electrons. The van der Waals surface area contributed by atoms with E-state index < -0.39 is 0 Å². The van der Waals surface area contributed by atoms with E-state index in [0.717, 1.165) is 6.54 Å². The smallest absolute Gasteiger partial charge is 0.0564 e. The highest BCUT2D eigenvalue weighted by Crippen LogP contribution is 2.41. The molecule has 1 aliphatic heterocycles. The molecule has 1 aromatic rings. The molecule has 2 nitrogen and oxygen atoms in total. The van der Waals surface area contributed by atoms with Crippen LogP contribution in [0.2, 0.25) is 0 Å². The summed E-state index contributed by atoms with van der Waals surface area (Å²) in [4.78, 5) is 3.98. The Balaban J connectivity index is 2.11. The second-order valence-corrected chi connectivity index (χ2v) is 7.20. The van der Waals surface area contributed by atoms with Gasteiger partial charge in [0.15, 0.2) is 0 Å². The number of hydrogen-bond acceptors (Lipinski definition) is 3. The largest absolute Gasteiger partial charge is 0.329 e. The van der Waals surface area contributed by atoms with Crippen molar-refractivity contribution >= 4 is 27.3 Å². The molecule has 0 amide bonds. The molecular weight excluding hydrogens is 308 g/mol. The van der Waals surface area contributed by atoms with Gasteiger partial charge in [-0.15, -0.1) is 11.3 Å². The lowest BCUT2D eigenvalue weighted by molar-refractivity contribution is 0.199.